The van der Waals surface area contributed by atoms with Crippen molar-refractivity contribution in [1.82, 2.24) is 19.5 Å². The average molecular weight is 355 g/mol. The van der Waals surface area contributed by atoms with E-state index in [1.54, 1.807) is 24.3 Å². The van der Waals surface area contributed by atoms with Gasteiger partial charge in [0.2, 0.25) is 5.91 Å². The van der Waals surface area contributed by atoms with E-state index < -0.39 is 0 Å². The molecular formula is C16H13N5O3S. The highest BCUT2D eigenvalue weighted by Gasteiger charge is 2.08. The van der Waals surface area contributed by atoms with Crippen molar-refractivity contribution in [1.29, 1.82) is 0 Å². The van der Waals surface area contributed by atoms with Gasteiger partial charge in [0.1, 0.15) is 4.83 Å². The molecule has 25 heavy (non-hydrogen) atoms. The molecule has 4 aromatic rings. The van der Waals surface area contributed by atoms with Crippen LogP contribution in [-0.2, 0) is 11.3 Å². The Kier molecular flexibility index (Phi) is 3.69. The van der Waals surface area contributed by atoms with E-state index in [2.05, 4.69) is 20.3 Å². The maximum absolute atomic E-state index is 12.3. The second-order valence-electron chi connectivity index (χ2n) is 5.52. The van der Waals surface area contributed by atoms with Crippen LogP contribution in [0.2, 0.25) is 0 Å². The van der Waals surface area contributed by atoms with Gasteiger partial charge in [-0.15, -0.1) is 11.3 Å². The van der Waals surface area contributed by atoms with Gasteiger partial charge < -0.3 is 15.3 Å². The Balaban J connectivity index is 1.46. The zero-order chi connectivity index (χ0) is 17.4. The Labute approximate surface area is 144 Å². The number of hydrogen-bond donors (Lipinski definition) is 3. The number of fused-ring (bicyclic) bond motifs is 2. The summed E-state index contributed by atoms with van der Waals surface area (Å²) in [5.41, 5.74) is 1.42. The number of carbonyl (C=O) groups excluding carboxylic acids is 1. The van der Waals surface area contributed by atoms with Crippen LogP contribution in [0.5, 0.6) is 0 Å². The number of carbonyl (C=O) groups is 1. The summed E-state index contributed by atoms with van der Waals surface area (Å²) in [6, 6.07) is 6.83. The van der Waals surface area contributed by atoms with E-state index >= 15 is 0 Å². The van der Waals surface area contributed by atoms with E-state index in [-0.39, 0.29) is 30.1 Å². The predicted octanol–water partition coefficient (Wildman–Crippen LogP) is 1.66. The molecule has 0 aliphatic carbocycles. The van der Waals surface area contributed by atoms with Gasteiger partial charge in [0.25, 0.3) is 5.56 Å². The van der Waals surface area contributed by atoms with Crippen LogP contribution >= 0.6 is 11.3 Å². The van der Waals surface area contributed by atoms with Gasteiger partial charge in [0.15, 0.2) is 0 Å². The van der Waals surface area contributed by atoms with E-state index in [0.29, 0.717) is 26.9 Å². The number of imidazole rings is 1. The van der Waals surface area contributed by atoms with Crippen LogP contribution in [0.3, 0.4) is 0 Å². The standard InChI is InChI=1S/C16H13N5O3S/c22-13(18-9-1-2-11-12(7-9)20-16(24)19-11)3-5-21-8-17-14-10(15(21)23)4-6-25-14/h1-2,4,6-8H,3,5H2,(H,18,22)(H2,19,20,24). The van der Waals surface area contributed by atoms with Crippen LogP contribution < -0.4 is 16.6 Å². The number of aromatic nitrogens is 4. The fourth-order valence-electron chi connectivity index (χ4n) is 2.61. The zero-order valence-corrected chi connectivity index (χ0v) is 13.7. The lowest BCUT2D eigenvalue weighted by Gasteiger charge is -2.07. The molecule has 3 N–H and O–H groups in total. The summed E-state index contributed by atoms with van der Waals surface area (Å²) in [7, 11) is 0. The molecule has 126 valence electrons. The molecule has 0 fully saturated rings. The fourth-order valence-corrected chi connectivity index (χ4v) is 3.33. The molecule has 0 saturated heterocycles. The quantitative estimate of drug-likeness (QED) is 0.517. The minimum atomic E-state index is -0.297. The molecule has 0 unspecified atom stereocenters. The third-order valence-corrected chi connectivity index (χ3v) is 4.65. The number of nitrogens with zero attached hydrogens (tertiary/aromatic N) is 2. The number of hydrogen-bond acceptors (Lipinski definition) is 5. The molecule has 0 spiro atoms. The van der Waals surface area contributed by atoms with Crippen LogP contribution in [0.15, 0.2) is 45.6 Å². The van der Waals surface area contributed by atoms with Gasteiger partial charge in [-0.3, -0.25) is 14.2 Å². The summed E-state index contributed by atoms with van der Waals surface area (Å²) in [5.74, 6) is -0.227. The number of H-pyrrole nitrogens is 2. The number of nitrogens with one attached hydrogen (secondary N) is 3. The van der Waals surface area contributed by atoms with Gasteiger partial charge in [-0.2, -0.15) is 0 Å². The first-order chi connectivity index (χ1) is 12.1. The molecule has 0 saturated carbocycles. The van der Waals surface area contributed by atoms with Gasteiger partial charge in [-0.25, -0.2) is 9.78 Å². The monoisotopic (exact) mass is 355 g/mol. The Bertz CT molecular complexity index is 1200. The summed E-state index contributed by atoms with van der Waals surface area (Å²) in [4.78, 5) is 45.8. The second-order valence-corrected chi connectivity index (χ2v) is 6.41. The van der Waals surface area contributed by atoms with Crippen molar-refractivity contribution in [3.05, 3.63) is 56.8 Å². The van der Waals surface area contributed by atoms with E-state index in [1.807, 2.05) is 5.38 Å². The normalized spacial score (nSPS) is 11.2. The van der Waals surface area contributed by atoms with Crippen molar-refractivity contribution in [2.75, 3.05) is 5.32 Å². The second kappa shape index (κ2) is 6.02. The predicted molar refractivity (Wildman–Crippen MR) is 96.0 cm³/mol. The lowest BCUT2D eigenvalue weighted by Crippen LogP contribution is -2.23. The number of amides is 1. The molecule has 4 rings (SSSR count). The molecular weight excluding hydrogens is 342 g/mol. The fraction of sp³-hybridized carbons (Fsp3) is 0.125. The number of thiophene rings is 1. The highest BCUT2D eigenvalue weighted by atomic mass is 32.1. The van der Waals surface area contributed by atoms with Crippen molar-refractivity contribution < 1.29 is 4.79 Å². The first-order valence-electron chi connectivity index (χ1n) is 7.55. The number of anilines is 1. The summed E-state index contributed by atoms with van der Waals surface area (Å²) in [6.45, 7) is 0.243. The van der Waals surface area contributed by atoms with Crippen molar-refractivity contribution in [2.24, 2.45) is 0 Å². The molecule has 0 bridgehead atoms. The van der Waals surface area contributed by atoms with Gasteiger partial charge >= 0.3 is 5.69 Å². The Morgan fingerprint density at radius 2 is 2.04 bits per heavy atom. The molecule has 1 amide bonds. The maximum atomic E-state index is 12.3. The lowest BCUT2D eigenvalue weighted by molar-refractivity contribution is -0.116. The van der Waals surface area contributed by atoms with Crippen molar-refractivity contribution in [3.8, 4) is 0 Å². The molecule has 0 atom stereocenters. The molecule has 0 aliphatic rings. The molecule has 0 radical (unpaired) electrons. The Hall–Kier alpha value is -3.20. The molecule has 8 nitrogen and oxygen atoms in total. The van der Waals surface area contributed by atoms with E-state index in [0.717, 1.165) is 0 Å². The van der Waals surface area contributed by atoms with Crippen LogP contribution in [0.1, 0.15) is 6.42 Å². The molecule has 3 aromatic heterocycles. The average Bonchev–Trinajstić information content (AvgIpc) is 3.19. The summed E-state index contributed by atoms with van der Waals surface area (Å²) in [6.07, 6.45) is 1.60. The first kappa shape index (κ1) is 15.3. The van der Waals surface area contributed by atoms with Gasteiger partial charge in [-0.1, -0.05) is 0 Å². The summed E-state index contributed by atoms with van der Waals surface area (Å²) < 4.78 is 1.43. The first-order valence-corrected chi connectivity index (χ1v) is 8.43. The molecule has 9 heteroatoms. The minimum absolute atomic E-state index is 0.138. The highest BCUT2D eigenvalue weighted by molar-refractivity contribution is 7.16. The third kappa shape index (κ3) is 2.96. The highest BCUT2D eigenvalue weighted by Crippen LogP contribution is 2.15. The molecule has 1 aromatic carbocycles. The minimum Gasteiger partial charge on any atom is -0.326 e. The smallest absolute Gasteiger partial charge is 0.323 e. The van der Waals surface area contributed by atoms with Crippen LogP contribution in [0.25, 0.3) is 21.3 Å². The van der Waals surface area contributed by atoms with E-state index in [4.69, 9.17) is 0 Å². The molecule has 3 heterocycles. The summed E-state index contributed by atoms with van der Waals surface area (Å²) in [5, 5.41) is 5.14. The van der Waals surface area contributed by atoms with Crippen LogP contribution in [0.4, 0.5) is 5.69 Å². The van der Waals surface area contributed by atoms with Gasteiger partial charge in [-0.05, 0) is 29.6 Å². The van der Waals surface area contributed by atoms with E-state index in [9.17, 15) is 14.4 Å². The number of aromatic amines is 2. The number of aryl methyl sites for hydroxylation is 1. The lowest BCUT2D eigenvalue weighted by atomic mass is 10.2. The van der Waals surface area contributed by atoms with Crippen LogP contribution in [-0.4, -0.2) is 25.4 Å². The largest absolute Gasteiger partial charge is 0.326 e. The topological polar surface area (TPSA) is 113 Å². The Morgan fingerprint density at radius 1 is 1.20 bits per heavy atom. The molecule has 0 aliphatic heterocycles. The Morgan fingerprint density at radius 3 is 2.92 bits per heavy atom. The van der Waals surface area contributed by atoms with Crippen molar-refractivity contribution in [2.45, 2.75) is 13.0 Å². The van der Waals surface area contributed by atoms with Crippen molar-refractivity contribution >= 4 is 44.2 Å². The maximum Gasteiger partial charge on any atom is 0.323 e. The van der Waals surface area contributed by atoms with Crippen molar-refractivity contribution in [3.63, 3.8) is 0 Å². The number of benzene rings is 1. The van der Waals surface area contributed by atoms with Gasteiger partial charge in [0, 0.05) is 18.7 Å². The summed E-state index contributed by atoms with van der Waals surface area (Å²) >= 11 is 1.41. The van der Waals surface area contributed by atoms with Crippen LogP contribution in [0, 0.1) is 0 Å². The number of rotatable bonds is 4. The third-order valence-electron chi connectivity index (χ3n) is 3.83. The SMILES string of the molecule is O=C(CCn1cnc2sccc2c1=O)Nc1ccc2[nH]c(=O)[nH]c2c1. The van der Waals surface area contributed by atoms with E-state index in [1.165, 1.54) is 22.2 Å². The van der Waals surface area contributed by atoms with Gasteiger partial charge in [0.05, 0.1) is 22.7 Å². The zero-order valence-electron chi connectivity index (χ0n) is 12.9.